The van der Waals surface area contributed by atoms with Crippen LogP contribution in [0.2, 0.25) is 5.02 Å². The van der Waals surface area contributed by atoms with E-state index in [2.05, 4.69) is 12.6 Å². The molecule has 0 amide bonds. The third-order valence-electron chi connectivity index (χ3n) is 1.23. The number of thiol groups is 1. The molecule has 0 unspecified atom stereocenters. The van der Waals surface area contributed by atoms with Crippen molar-refractivity contribution in [2.75, 3.05) is 0 Å². The number of halogens is 2. The monoisotopic (exact) mass is 176 g/mol. The van der Waals surface area contributed by atoms with Crippen LogP contribution >= 0.6 is 24.2 Å². The minimum atomic E-state index is -0.376. The fourth-order valence-electron chi connectivity index (χ4n) is 0.642. The molecule has 0 saturated carbocycles. The van der Waals surface area contributed by atoms with Crippen LogP contribution in [0, 0.1) is 12.7 Å². The second kappa shape index (κ2) is 2.81. The van der Waals surface area contributed by atoms with Gasteiger partial charge in [-0.2, -0.15) is 0 Å². The highest BCUT2D eigenvalue weighted by atomic mass is 35.5. The number of benzene rings is 1. The van der Waals surface area contributed by atoms with Crippen molar-refractivity contribution in [2.24, 2.45) is 0 Å². The van der Waals surface area contributed by atoms with Gasteiger partial charge in [-0.25, -0.2) is 4.39 Å². The largest absolute Gasteiger partial charge is 0.206 e. The minimum Gasteiger partial charge on any atom is -0.206 e. The zero-order valence-corrected chi connectivity index (χ0v) is 7.01. The van der Waals surface area contributed by atoms with Gasteiger partial charge in [0.05, 0.1) is 0 Å². The standard InChI is InChI=1S/C7H6ClFS/c1-4-2-7(10)6(9)3-5(4)8/h2-3,10H,1H3. The summed E-state index contributed by atoms with van der Waals surface area (Å²) in [5.41, 5.74) is 0.841. The van der Waals surface area contributed by atoms with Crippen molar-refractivity contribution in [3.05, 3.63) is 28.5 Å². The molecule has 0 aliphatic heterocycles. The molecule has 0 atom stereocenters. The summed E-state index contributed by atoms with van der Waals surface area (Å²) in [6.45, 7) is 1.81. The lowest BCUT2D eigenvalue weighted by molar-refractivity contribution is 0.602. The Labute approximate surface area is 69.4 Å². The smallest absolute Gasteiger partial charge is 0.137 e. The van der Waals surface area contributed by atoms with E-state index in [9.17, 15) is 4.39 Å². The molecule has 0 aliphatic rings. The molecule has 0 N–H and O–H groups in total. The summed E-state index contributed by atoms with van der Waals surface area (Å²) in [7, 11) is 0. The summed E-state index contributed by atoms with van der Waals surface area (Å²) in [4.78, 5) is 0.335. The summed E-state index contributed by atoms with van der Waals surface area (Å²) < 4.78 is 12.6. The highest BCUT2D eigenvalue weighted by molar-refractivity contribution is 7.80. The van der Waals surface area contributed by atoms with Gasteiger partial charge in [-0.3, -0.25) is 0 Å². The quantitative estimate of drug-likeness (QED) is 0.577. The molecule has 0 saturated heterocycles. The zero-order chi connectivity index (χ0) is 7.72. The molecule has 1 aromatic carbocycles. The highest BCUT2D eigenvalue weighted by Gasteiger charge is 2.00. The second-order valence-electron chi connectivity index (χ2n) is 2.05. The van der Waals surface area contributed by atoms with E-state index < -0.39 is 0 Å². The molecule has 0 nitrogen and oxygen atoms in total. The van der Waals surface area contributed by atoms with Crippen molar-refractivity contribution in [1.82, 2.24) is 0 Å². The Balaban J connectivity index is 3.28. The van der Waals surface area contributed by atoms with Gasteiger partial charge in [0, 0.05) is 9.92 Å². The van der Waals surface area contributed by atoms with E-state index in [-0.39, 0.29) is 5.82 Å². The molecule has 1 aromatic rings. The average Bonchev–Trinajstić information content (AvgIpc) is 1.84. The second-order valence-corrected chi connectivity index (χ2v) is 2.94. The maximum atomic E-state index is 12.6. The summed E-state index contributed by atoms with van der Waals surface area (Å²) in [6, 6.07) is 2.86. The van der Waals surface area contributed by atoms with E-state index in [4.69, 9.17) is 11.6 Å². The summed E-state index contributed by atoms with van der Waals surface area (Å²) in [5.74, 6) is -0.376. The fraction of sp³-hybridized carbons (Fsp3) is 0.143. The topological polar surface area (TPSA) is 0 Å². The molecule has 0 spiro atoms. The first kappa shape index (κ1) is 7.89. The van der Waals surface area contributed by atoms with Crippen LogP contribution in [-0.2, 0) is 0 Å². The molecule has 10 heavy (non-hydrogen) atoms. The lowest BCUT2D eigenvalue weighted by atomic mass is 10.2. The van der Waals surface area contributed by atoms with E-state index >= 15 is 0 Å². The predicted octanol–water partition coefficient (Wildman–Crippen LogP) is 3.08. The van der Waals surface area contributed by atoms with Crippen LogP contribution in [-0.4, -0.2) is 0 Å². The molecule has 3 heteroatoms. The summed E-state index contributed by atoms with van der Waals surface area (Å²) >= 11 is 9.49. The number of hydrogen-bond acceptors (Lipinski definition) is 1. The van der Waals surface area contributed by atoms with Gasteiger partial charge in [0.2, 0.25) is 0 Å². The van der Waals surface area contributed by atoms with Gasteiger partial charge in [0.15, 0.2) is 0 Å². The van der Waals surface area contributed by atoms with E-state index in [0.717, 1.165) is 5.56 Å². The van der Waals surface area contributed by atoms with Crippen LogP contribution in [0.4, 0.5) is 4.39 Å². The van der Waals surface area contributed by atoms with Crippen molar-refractivity contribution in [3.63, 3.8) is 0 Å². The molecular weight excluding hydrogens is 171 g/mol. The number of hydrogen-bond donors (Lipinski definition) is 1. The Morgan fingerprint density at radius 3 is 2.60 bits per heavy atom. The Kier molecular flexibility index (Phi) is 2.21. The van der Waals surface area contributed by atoms with Crippen LogP contribution < -0.4 is 0 Å². The van der Waals surface area contributed by atoms with Crippen molar-refractivity contribution >= 4 is 24.2 Å². The first-order valence-electron chi connectivity index (χ1n) is 2.76. The van der Waals surface area contributed by atoms with Gasteiger partial charge in [0.1, 0.15) is 5.82 Å². The zero-order valence-electron chi connectivity index (χ0n) is 5.36. The van der Waals surface area contributed by atoms with Crippen LogP contribution in [0.25, 0.3) is 0 Å². The fourth-order valence-corrected chi connectivity index (χ4v) is 1.05. The SMILES string of the molecule is Cc1cc(S)c(F)cc1Cl. The van der Waals surface area contributed by atoms with Gasteiger partial charge in [0.25, 0.3) is 0 Å². The highest BCUT2D eigenvalue weighted by Crippen LogP contribution is 2.21. The molecular formula is C7H6ClFS. The Morgan fingerprint density at radius 2 is 2.10 bits per heavy atom. The van der Waals surface area contributed by atoms with Crippen LogP contribution in [0.1, 0.15) is 5.56 Å². The third-order valence-corrected chi connectivity index (χ3v) is 1.98. The van der Waals surface area contributed by atoms with Gasteiger partial charge in [-0.05, 0) is 24.6 Å². The maximum absolute atomic E-state index is 12.6. The number of aryl methyl sites for hydroxylation is 1. The van der Waals surface area contributed by atoms with Gasteiger partial charge in [-0.15, -0.1) is 12.6 Å². The van der Waals surface area contributed by atoms with Crippen molar-refractivity contribution < 1.29 is 4.39 Å². The van der Waals surface area contributed by atoms with Crippen molar-refractivity contribution in [3.8, 4) is 0 Å². The Hall–Kier alpha value is -0.210. The van der Waals surface area contributed by atoms with Crippen molar-refractivity contribution in [2.45, 2.75) is 11.8 Å². The lowest BCUT2D eigenvalue weighted by Gasteiger charge is -1.98. The molecule has 0 heterocycles. The normalized spacial score (nSPS) is 10.0. The van der Waals surface area contributed by atoms with Crippen molar-refractivity contribution in [1.29, 1.82) is 0 Å². The average molecular weight is 177 g/mol. The Morgan fingerprint density at radius 1 is 1.50 bits per heavy atom. The summed E-state index contributed by atoms with van der Waals surface area (Å²) in [6.07, 6.45) is 0. The van der Waals surface area contributed by atoms with Crippen LogP contribution in [0.5, 0.6) is 0 Å². The van der Waals surface area contributed by atoms with Gasteiger partial charge < -0.3 is 0 Å². The molecule has 1 rings (SSSR count). The molecule has 0 fully saturated rings. The minimum absolute atomic E-state index is 0.335. The lowest BCUT2D eigenvalue weighted by Crippen LogP contribution is -1.81. The van der Waals surface area contributed by atoms with Gasteiger partial charge >= 0.3 is 0 Å². The molecule has 0 bridgehead atoms. The molecule has 0 aromatic heterocycles. The van der Waals surface area contributed by atoms with E-state index in [0.29, 0.717) is 9.92 Å². The first-order valence-corrected chi connectivity index (χ1v) is 3.58. The summed E-state index contributed by atoms with van der Waals surface area (Å²) in [5, 5.41) is 0.440. The van der Waals surface area contributed by atoms with E-state index in [1.165, 1.54) is 6.07 Å². The van der Waals surface area contributed by atoms with E-state index in [1.807, 2.05) is 6.92 Å². The first-order chi connectivity index (χ1) is 4.61. The predicted molar refractivity (Wildman–Crippen MR) is 43.4 cm³/mol. The molecule has 54 valence electrons. The van der Waals surface area contributed by atoms with Crippen LogP contribution in [0.15, 0.2) is 17.0 Å². The molecule has 0 radical (unpaired) electrons. The molecule has 0 aliphatic carbocycles. The Bertz CT molecular complexity index is 210. The van der Waals surface area contributed by atoms with E-state index in [1.54, 1.807) is 6.07 Å². The van der Waals surface area contributed by atoms with Gasteiger partial charge in [-0.1, -0.05) is 11.6 Å². The maximum Gasteiger partial charge on any atom is 0.137 e. The number of rotatable bonds is 0. The van der Waals surface area contributed by atoms with Crippen LogP contribution in [0.3, 0.4) is 0 Å². The third kappa shape index (κ3) is 1.44.